The van der Waals surface area contributed by atoms with Crippen LogP contribution in [0.4, 0.5) is 5.82 Å². The number of nitrogens with zero attached hydrogens (tertiary/aromatic N) is 3. The zero-order valence-corrected chi connectivity index (χ0v) is 11.1. The summed E-state index contributed by atoms with van der Waals surface area (Å²) in [5.41, 5.74) is 0.193. The minimum atomic E-state index is 0.0917. The van der Waals surface area contributed by atoms with Crippen LogP contribution in [-0.4, -0.2) is 34.9 Å². The first kappa shape index (κ1) is 12.8. The minimum Gasteiger partial charge on any atom is -0.381 e. The second-order valence-corrected chi connectivity index (χ2v) is 5.19. The third-order valence-corrected chi connectivity index (χ3v) is 3.42. The van der Waals surface area contributed by atoms with Crippen LogP contribution in [0.15, 0.2) is 0 Å². The monoisotopic (exact) mass is 276 g/mol. The van der Waals surface area contributed by atoms with Gasteiger partial charge in [-0.2, -0.15) is 4.98 Å². The van der Waals surface area contributed by atoms with Crippen LogP contribution in [0.3, 0.4) is 0 Å². The molecule has 0 aliphatic carbocycles. The molecule has 1 aromatic heterocycles. The van der Waals surface area contributed by atoms with Gasteiger partial charge >= 0.3 is 0 Å². The predicted molar refractivity (Wildman–Crippen MR) is 66.5 cm³/mol. The lowest BCUT2D eigenvalue weighted by Crippen LogP contribution is -2.33. The maximum atomic E-state index is 5.88. The summed E-state index contributed by atoms with van der Waals surface area (Å²) in [5.74, 6) is 0.486. The summed E-state index contributed by atoms with van der Waals surface area (Å²) in [4.78, 5) is 4.01. The van der Waals surface area contributed by atoms with E-state index in [1.807, 2.05) is 0 Å². The van der Waals surface area contributed by atoms with Crippen molar-refractivity contribution in [2.24, 2.45) is 5.41 Å². The van der Waals surface area contributed by atoms with Crippen molar-refractivity contribution < 1.29 is 4.74 Å². The van der Waals surface area contributed by atoms with Gasteiger partial charge in [-0.05, 0) is 29.9 Å². The Hall–Kier alpha value is -0.650. The molecule has 0 saturated carbocycles. The molecule has 0 aromatic carbocycles. The van der Waals surface area contributed by atoms with E-state index in [4.69, 9.17) is 27.9 Å². The number of hydrogen-bond donors (Lipinski definition) is 1. The molecule has 1 saturated heterocycles. The molecule has 0 spiro atoms. The van der Waals surface area contributed by atoms with Crippen molar-refractivity contribution in [3.8, 4) is 0 Å². The van der Waals surface area contributed by atoms with Gasteiger partial charge in [-0.3, -0.25) is 0 Å². The lowest BCUT2D eigenvalue weighted by atomic mass is 9.82. The molecule has 94 valence electrons. The van der Waals surface area contributed by atoms with Crippen LogP contribution in [0.2, 0.25) is 10.4 Å². The molecular formula is C10H14Cl2N4O. The maximum Gasteiger partial charge on any atom is 0.245 e. The van der Waals surface area contributed by atoms with E-state index in [1.165, 1.54) is 0 Å². The van der Waals surface area contributed by atoms with Crippen molar-refractivity contribution in [1.29, 1.82) is 0 Å². The van der Waals surface area contributed by atoms with Crippen LogP contribution >= 0.6 is 23.2 Å². The van der Waals surface area contributed by atoms with Gasteiger partial charge in [-0.1, -0.05) is 18.5 Å². The van der Waals surface area contributed by atoms with Crippen LogP contribution in [-0.2, 0) is 4.74 Å². The molecule has 7 heteroatoms. The second kappa shape index (κ2) is 5.33. The first-order valence-electron chi connectivity index (χ1n) is 5.46. The molecule has 0 atom stereocenters. The Morgan fingerprint density at radius 2 is 2.00 bits per heavy atom. The standard InChI is InChI=1S/C10H14Cl2N4O/c1-10(2-4-17-5-3-10)6-13-8-7(11)15-16-9(12)14-8/h2-6H2,1H3,(H,13,14,16). The van der Waals surface area contributed by atoms with Crippen LogP contribution in [0.1, 0.15) is 19.8 Å². The van der Waals surface area contributed by atoms with Crippen molar-refractivity contribution in [3.05, 3.63) is 10.4 Å². The molecule has 2 heterocycles. The fraction of sp³-hybridized carbons (Fsp3) is 0.700. The van der Waals surface area contributed by atoms with Crippen molar-refractivity contribution in [2.75, 3.05) is 25.1 Å². The number of anilines is 1. The van der Waals surface area contributed by atoms with Crippen molar-refractivity contribution >= 4 is 29.0 Å². The summed E-state index contributed by atoms with van der Waals surface area (Å²) in [7, 11) is 0. The van der Waals surface area contributed by atoms with Gasteiger partial charge in [0.25, 0.3) is 0 Å². The van der Waals surface area contributed by atoms with E-state index in [0.717, 1.165) is 32.6 Å². The molecule has 0 unspecified atom stereocenters. The van der Waals surface area contributed by atoms with E-state index >= 15 is 0 Å². The highest BCUT2D eigenvalue weighted by Gasteiger charge is 2.27. The third kappa shape index (κ3) is 3.40. The highest BCUT2D eigenvalue weighted by Crippen LogP contribution is 2.30. The Kier molecular flexibility index (Phi) is 4.01. The Morgan fingerprint density at radius 3 is 2.71 bits per heavy atom. The summed E-state index contributed by atoms with van der Waals surface area (Å²) < 4.78 is 5.35. The molecule has 1 N–H and O–H groups in total. The summed E-state index contributed by atoms with van der Waals surface area (Å²) in [5, 5.41) is 10.8. The average molecular weight is 277 g/mol. The third-order valence-electron chi connectivity index (χ3n) is 3.00. The number of hydrogen-bond acceptors (Lipinski definition) is 5. The van der Waals surface area contributed by atoms with Crippen LogP contribution in [0.25, 0.3) is 0 Å². The molecule has 0 amide bonds. The lowest BCUT2D eigenvalue weighted by molar-refractivity contribution is 0.0299. The van der Waals surface area contributed by atoms with Gasteiger partial charge in [-0.25, -0.2) is 0 Å². The quantitative estimate of drug-likeness (QED) is 0.919. The number of rotatable bonds is 3. The Labute approximate surface area is 110 Å². The van der Waals surface area contributed by atoms with Crippen LogP contribution in [0.5, 0.6) is 0 Å². The molecule has 1 aromatic rings. The predicted octanol–water partition coefficient (Wildman–Crippen LogP) is 2.41. The Balaban J connectivity index is 1.99. The molecular weight excluding hydrogens is 263 g/mol. The maximum absolute atomic E-state index is 5.88. The number of halogens is 2. The number of ether oxygens (including phenoxy) is 1. The largest absolute Gasteiger partial charge is 0.381 e. The summed E-state index contributed by atoms with van der Waals surface area (Å²) in [6, 6.07) is 0. The topological polar surface area (TPSA) is 59.9 Å². The zero-order chi connectivity index (χ0) is 12.3. The highest BCUT2D eigenvalue weighted by atomic mass is 35.5. The summed E-state index contributed by atoms with van der Waals surface area (Å²) in [6.07, 6.45) is 2.04. The van der Waals surface area contributed by atoms with Gasteiger partial charge in [-0.15, -0.1) is 10.2 Å². The SMILES string of the molecule is CC1(CNc2nc(Cl)nnc2Cl)CCOCC1. The first-order chi connectivity index (χ1) is 8.09. The van der Waals surface area contributed by atoms with Gasteiger partial charge in [0, 0.05) is 19.8 Å². The lowest BCUT2D eigenvalue weighted by Gasteiger charge is -2.33. The van der Waals surface area contributed by atoms with Crippen LogP contribution < -0.4 is 5.32 Å². The van der Waals surface area contributed by atoms with Gasteiger partial charge in [0.1, 0.15) is 0 Å². The fourth-order valence-corrected chi connectivity index (χ4v) is 2.01. The number of nitrogens with one attached hydrogen (secondary N) is 1. The highest BCUT2D eigenvalue weighted by molar-refractivity contribution is 6.32. The van der Waals surface area contributed by atoms with Crippen LogP contribution in [0, 0.1) is 5.41 Å². The average Bonchev–Trinajstić information content (AvgIpc) is 2.31. The van der Waals surface area contributed by atoms with E-state index in [2.05, 4.69) is 27.4 Å². The first-order valence-corrected chi connectivity index (χ1v) is 6.22. The van der Waals surface area contributed by atoms with Crippen molar-refractivity contribution in [3.63, 3.8) is 0 Å². The van der Waals surface area contributed by atoms with Gasteiger partial charge in [0.2, 0.25) is 5.28 Å². The molecule has 0 radical (unpaired) electrons. The molecule has 1 aliphatic heterocycles. The number of aromatic nitrogens is 3. The van der Waals surface area contributed by atoms with Crippen molar-refractivity contribution in [2.45, 2.75) is 19.8 Å². The summed E-state index contributed by atoms with van der Waals surface area (Å²) in [6.45, 7) is 4.58. The summed E-state index contributed by atoms with van der Waals surface area (Å²) >= 11 is 11.5. The van der Waals surface area contributed by atoms with E-state index in [0.29, 0.717) is 5.82 Å². The molecule has 5 nitrogen and oxygen atoms in total. The Bertz CT molecular complexity index is 396. The molecule has 1 aliphatic rings. The van der Waals surface area contributed by atoms with E-state index in [9.17, 15) is 0 Å². The smallest absolute Gasteiger partial charge is 0.245 e. The van der Waals surface area contributed by atoms with E-state index in [-0.39, 0.29) is 15.9 Å². The Morgan fingerprint density at radius 1 is 1.29 bits per heavy atom. The molecule has 1 fully saturated rings. The normalized spacial score (nSPS) is 19.0. The van der Waals surface area contributed by atoms with Gasteiger partial charge in [0.05, 0.1) is 0 Å². The van der Waals surface area contributed by atoms with E-state index in [1.54, 1.807) is 0 Å². The minimum absolute atomic E-state index is 0.0917. The van der Waals surface area contributed by atoms with E-state index < -0.39 is 0 Å². The zero-order valence-electron chi connectivity index (χ0n) is 9.54. The van der Waals surface area contributed by atoms with Gasteiger partial charge < -0.3 is 10.1 Å². The second-order valence-electron chi connectivity index (χ2n) is 4.50. The molecule has 2 rings (SSSR count). The van der Waals surface area contributed by atoms with Crippen molar-refractivity contribution in [1.82, 2.24) is 15.2 Å². The molecule has 0 bridgehead atoms. The van der Waals surface area contributed by atoms with Gasteiger partial charge in [0.15, 0.2) is 11.0 Å². The fourth-order valence-electron chi connectivity index (χ4n) is 1.74. The molecule has 17 heavy (non-hydrogen) atoms.